The lowest BCUT2D eigenvalue weighted by atomic mass is 10.1. The van der Waals surface area contributed by atoms with Crippen molar-refractivity contribution < 1.29 is 19.1 Å². The summed E-state index contributed by atoms with van der Waals surface area (Å²) in [5.74, 6) is -1.44. The number of esters is 1. The molecule has 0 fully saturated rings. The smallest absolute Gasteiger partial charge is 0.306 e. The molecule has 0 bridgehead atoms. The third kappa shape index (κ3) is 2.98. The number of anilines is 1. The number of ether oxygens (including phenoxy) is 1. The maximum atomic E-state index is 11.7. The van der Waals surface area contributed by atoms with Crippen LogP contribution in [0.5, 0.6) is 0 Å². The van der Waals surface area contributed by atoms with Gasteiger partial charge >= 0.3 is 5.97 Å². The maximum Gasteiger partial charge on any atom is 0.306 e. The number of primary amides is 1. The summed E-state index contributed by atoms with van der Waals surface area (Å²) in [5, 5.41) is 3.06. The van der Waals surface area contributed by atoms with Gasteiger partial charge in [-0.15, -0.1) is 11.3 Å². The average molecular weight is 296 g/mol. The molecule has 1 aliphatic carbocycles. The second kappa shape index (κ2) is 6.04. The van der Waals surface area contributed by atoms with Gasteiger partial charge in [0.05, 0.1) is 5.56 Å². The van der Waals surface area contributed by atoms with Crippen LogP contribution in [0.25, 0.3) is 0 Å². The number of carbonyl (C=O) groups excluding carboxylic acids is 3. The van der Waals surface area contributed by atoms with Crippen LogP contribution >= 0.6 is 11.3 Å². The van der Waals surface area contributed by atoms with Gasteiger partial charge in [-0.05, 0) is 24.8 Å². The van der Waals surface area contributed by atoms with E-state index in [0.29, 0.717) is 10.6 Å². The number of aryl methyl sites for hydroxylation is 1. The highest BCUT2D eigenvalue weighted by molar-refractivity contribution is 7.17. The van der Waals surface area contributed by atoms with Crippen molar-refractivity contribution in [1.29, 1.82) is 0 Å². The Hall–Kier alpha value is -1.89. The number of nitrogens with two attached hydrogens (primary N) is 1. The minimum atomic E-state index is -0.537. The van der Waals surface area contributed by atoms with Gasteiger partial charge in [0.15, 0.2) is 6.61 Å². The van der Waals surface area contributed by atoms with Crippen LogP contribution in [0.1, 0.15) is 40.6 Å². The van der Waals surface area contributed by atoms with E-state index in [-0.39, 0.29) is 13.0 Å². The molecular formula is C13H16N2O4S. The molecule has 0 unspecified atom stereocenters. The number of fused-ring (bicyclic) bond motifs is 1. The minimum Gasteiger partial charge on any atom is -0.456 e. The first-order valence-electron chi connectivity index (χ1n) is 6.42. The van der Waals surface area contributed by atoms with Crippen molar-refractivity contribution in [1.82, 2.24) is 0 Å². The fraction of sp³-hybridized carbons (Fsp3) is 0.462. The van der Waals surface area contributed by atoms with Crippen LogP contribution < -0.4 is 11.1 Å². The molecule has 6 nitrogen and oxygen atoms in total. The highest BCUT2D eigenvalue weighted by atomic mass is 32.1. The maximum absolute atomic E-state index is 11.7. The van der Waals surface area contributed by atoms with E-state index >= 15 is 0 Å². The highest BCUT2D eigenvalue weighted by Crippen LogP contribution is 2.38. The Morgan fingerprint density at radius 1 is 1.35 bits per heavy atom. The summed E-state index contributed by atoms with van der Waals surface area (Å²) in [6.45, 7) is 1.29. The fourth-order valence-corrected chi connectivity index (χ4v) is 3.47. The van der Waals surface area contributed by atoms with E-state index in [1.807, 2.05) is 0 Å². The Morgan fingerprint density at radius 2 is 2.10 bits per heavy atom. The lowest BCUT2D eigenvalue weighted by Gasteiger charge is -2.06. The molecule has 0 saturated heterocycles. The van der Waals surface area contributed by atoms with Crippen molar-refractivity contribution in [2.75, 3.05) is 11.9 Å². The third-order valence-electron chi connectivity index (χ3n) is 3.07. The van der Waals surface area contributed by atoms with Crippen LogP contribution in [0, 0.1) is 0 Å². The summed E-state index contributed by atoms with van der Waals surface area (Å²) in [6.07, 6.45) is 2.93. The summed E-state index contributed by atoms with van der Waals surface area (Å²) in [4.78, 5) is 35.3. The Kier molecular flexibility index (Phi) is 4.39. The van der Waals surface area contributed by atoms with Crippen molar-refractivity contribution in [2.24, 2.45) is 5.73 Å². The molecule has 0 spiro atoms. The Bertz CT molecular complexity index is 565. The molecule has 0 aromatic carbocycles. The topological polar surface area (TPSA) is 98.5 Å². The van der Waals surface area contributed by atoms with Crippen molar-refractivity contribution >= 4 is 34.1 Å². The van der Waals surface area contributed by atoms with Crippen molar-refractivity contribution in [3.8, 4) is 0 Å². The quantitative estimate of drug-likeness (QED) is 0.798. The van der Waals surface area contributed by atoms with Crippen LogP contribution in [0.15, 0.2) is 0 Å². The molecular weight excluding hydrogens is 280 g/mol. The van der Waals surface area contributed by atoms with E-state index in [1.54, 1.807) is 6.92 Å². The largest absolute Gasteiger partial charge is 0.456 e. The number of hydrogen-bond acceptors (Lipinski definition) is 5. The van der Waals surface area contributed by atoms with Gasteiger partial charge in [-0.1, -0.05) is 6.92 Å². The molecule has 3 N–H and O–H groups in total. The molecule has 1 aromatic rings. The van der Waals surface area contributed by atoms with Gasteiger partial charge in [0.1, 0.15) is 5.00 Å². The summed E-state index contributed by atoms with van der Waals surface area (Å²) >= 11 is 1.37. The lowest BCUT2D eigenvalue weighted by Crippen LogP contribution is -2.22. The molecule has 1 aliphatic rings. The number of thiophene rings is 1. The third-order valence-corrected chi connectivity index (χ3v) is 4.28. The van der Waals surface area contributed by atoms with Gasteiger partial charge in [-0.2, -0.15) is 0 Å². The monoisotopic (exact) mass is 296 g/mol. The molecule has 1 heterocycles. The molecule has 2 amide bonds. The van der Waals surface area contributed by atoms with Crippen LogP contribution in [0.2, 0.25) is 0 Å². The molecule has 2 rings (SSSR count). The van der Waals surface area contributed by atoms with Crippen LogP contribution in [-0.2, 0) is 27.2 Å². The van der Waals surface area contributed by atoms with Crippen molar-refractivity contribution in [3.05, 3.63) is 16.0 Å². The molecule has 1 aromatic heterocycles. The fourth-order valence-electron chi connectivity index (χ4n) is 2.16. The first kappa shape index (κ1) is 14.5. The number of rotatable bonds is 5. The number of hydrogen-bond donors (Lipinski definition) is 2. The highest BCUT2D eigenvalue weighted by Gasteiger charge is 2.26. The normalized spacial score (nSPS) is 12.8. The number of nitrogens with one attached hydrogen (secondary N) is 1. The first-order valence-corrected chi connectivity index (χ1v) is 7.24. The summed E-state index contributed by atoms with van der Waals surface area (Å²) in [6, 6.07) is 0. The van der Waals surface area contributed by atoms with E-state index in [4.69, 9.17) is 10.5 Å². The Morgan fingerprint density at radius 3 is 2.75 bits per heavy atom. The predicted octanol–water partition coefficient (Wildman–Crippen LogP) is 1.23. The Balaban J connectivity index is 2.08. The van der Waals surface area contributed by atoms with Crippen molar-refractivity contribution in [2.45, 2.75) is 32.6 Å². The van der Waals surface area contributed by atoms with E-state index in [0.717, 1.165) is 29.7 Å². The van der Waals surface area contributed by atoms with Gasteiger partial charge in [0, 0.05) is 11.3 Å². The lowest BCUT2D eigenvalue weighted by molar-refractivity contribution is -0.146. The minimum absolute atomic E-state index is 0.215. The van der Waals surface area contributed by atoms with Gasteiger partial charge in [-0.3, -0.25) is 14.4 Å². The molecule has 0 aliphatic heterocycles. The predicted molar refractivity (Wildman–Crippen MR) is 74.7 cm³/mol. The molecule has 0 atom stereocenters. The van der Waals surface area contributed by atoms with Crippen molar-refractivity contribution in [3.63, 3.8) is 0 Å². The van der Waals surface area contributed by atoms with Crippen LogP contribution in [0.4, 0.5) is 5.00 Å². The Labute approximate surface area is 120 Å². The first-order chi connectivity index (χ1) is 9.52. The second-order valence-corrected chi connectivity index (χ2v) is 5.59. The zero-order chi connectivity index (χ0) is 14.7. The molecule has 108 valence electrons. The van der Waals surface area contributed by atoms with Gasteiger partial charge in [0.25, 0.3) is 11.8 Å². The summed E-state index contributed by atoms with van der Waals surface area (Å²) in [5.41, 5.74) is 6.73. The van der Waals surface area contributed by atoms with E-state index in [1.165, 1.54) is 11.3 Å². The molecule has 0 radical (unpaired) electrons. The SMILES string of the molecule is CCC(=O)OCC(=O)Nc1sc2c(c1C(N)=O)CCC2. The molecule has 0 saturated carbocycles. The average Bonchev–Trinajstić information content (AvgIpc) is 2.95. The van der Waals surface area contributed by atoms with Crippen LogP contribution in [0.3, 0.4) is 0 Å². The van der Waals surface area contributed by atoms with Gasteiger partial charge in [0.2, 0.25) is 0 Å². The zero-order valence-corrected chi connectivity index (χ0v) is 12.0. The van der Waals surface area contributed by atoms with Gasteiger partial charge in [-0.25, -0.2) is 0 Å². The number of amides is 2. The molecule has 20 heavy (non-hydrogen) atoms. The number of carbonyl (C=O) groups is 3. The second-order valence-electron chi connectivity index (χ2n) is 4.49. The van der Waals surface area contributed by atoms with E-state index in [2.05, 4.69) is 5.32 Å². The van der Waals surface area contributed by atoms with Crippen LogP contribution in [-0.4, -0.2) is 24.4 Å². The van der Waals surface area contributed by atoms with Gasteiger partial charge < -0.3 is 15.8 Å². The van der Waals surface area contributed by atoms with E-state index in [9.17, 15) is 14.4 Å². The summed E-state index contributed by atoms with van der Waals surface area (Å²) < 4.78 is 4.74. The zero-order valence-electron chi connectivity index (χ0n) is 11.2. The van der Waals surface area contributed by atoms with E-state index < -0.39 is 17.8 Å². The standard InChI is InChI=1S/C13H16N2O4S/c1-2-10(17)19-6-9(16)15-13-11(12(14)18)7-4-3-5-8(7)20-13/h2-6H2,1H3,(H2,14,18)(H,15,16). The molecule has 7 heteroatoms. The summed E-state index contributed by atoms with van der Waals surface area (Å²) in [7, 11) is 0.